The predicted octanol–water partition coefficient (Wildman–Crippen LogP) is 3.72. The Balaban J connectivity index is 1.90. The summed E-state index contributed by atoms with van der Waals surface area (Å²) in [7, 11) is 0. The Labute approximate surface area is 126 Å². The van der Waals surface area contributed by atoms with Crippen molar-refractivity contribution in [3.63, 3.8) is 0 Å². The van der Waals surface area contributed by atoms with Gasteiger partial charge in [-0.15, -0.1) is 0 Å². The third kappa shape index (κ3) is 2.80. The van der Waals surface area contributed by atoms with Gasteiger partial charge in [-0.05, 0) is 42.5 Å². The summed E-state index contributed by atoms with van der Waals surface area (Å²) in [5.74, 6) is -0.296. The van der Waals surface area contributed by atoms with Crippen LogP contribution < -0.4 is 11.1 Å². The van der Waals surface area contributed by atoms with Gasteiger partial charge >= 0.3 is 0 Å². The maximum atomic E-state index is 12.3. The molecular weight excluding hydrogens is 286 g/mol. The number of nitrogens with zero attached hydrogens (tertiary/aromatic N) is 1. The molecule has 0 atom stereocenters. The summed E-state index contributed by atoms with van der Waals surface area (Å²) >= 11 is 6.03. The van der Waals surface area contributed by atoms with E-state index in [1.165, 1.54) is 0 Å². The van der Waals surface area contributed by atoms with Crippen LogP contribution in [0.4, 0.5) is 11.4 Å². The molecule has 0 aliphatic rings. The molecule has 0 fully saturated rings. The van der Waals surface area contributed by atoms with Crippen molar-refractivity contribution in [2.24, 2.45) is 0 Å². The molecule has 0 radical (unpaired) electrons. The number of carbonyl (C=O) groups excluding carboxylic acids is 1. The minimum Gasteiger partial charge on any atom is -0.399 e. The molecule has 1 amide bonds. The Kier molecular flexibility index (Phi) is 3.46. The van der Waals surface area contributed by atoms with Crippen molar-refractivity contribution in [1.82, 2.24) is 4.98 Å². The molecule has 3 N–H and O–H groups in total. The third-order valence-corrected chi connectivity index (χ3v) is 3.43. The number of rotatable bonds is 2. The topological polar surface area (TPSA) is 68.0 Å². The first-order valence-corrected chi connectivity index (χ1v) is 6.72. The van der Waals surface area contributed by atoms with Gasteiger partial charge in [0.05, 0.1) is 16.1 Å². The number of nitrogen functional groups attached to an aromatic ring is 1. The highest BCUT2D eigenvalue weighted by atomic mass is 35.5. The van der Waals surface area contributed by atoms with E-state index in [1.807, 2.05) is 24.3 Å². The molecule has 0 unspecified atom stereocenters. The van der Waals surface area contributed by atoms with Crippen LogP contribution in [0.15, 0.2) is 54.7 Å². The zero-order valence-corrected chi connectivity index (χ0v) is 11.8. The molecule has 104 valence electrons. The number of benzene rings is 2. The molecule has 0 saturated carbocycles. The van der Waals surface area contributed by atoms with Gasteiger partial charge in [0.1, 0.15) is 0 Å². The number of pyridine rings is 1. The zero-order chi connectivity index (χ0) is 14.8. The van der Waals surface area contributed by atoms with Crippen molar-refractivity contribution in [2.45, 2.75) is 0 Å². The zero-order valence-electron chi connectivity index (χ0n) is 11.0. The van der Waals surface area contributed by atoms with E-state index < -0.39 is 0 Å². The number of nitrogens with one attached hydrogen (secondary N) is 1. The quantitative estimate of drug-likeness (QED) is 0.708. The lowest BCUT2D eigenvalue weighted by molar-refractivity contribution is 0.102. The highest BCUT2D eigenvalue weighted by Gasteiger charge is 2.11. The van der Waals surface area contributed by atoms with Crippen LogP contribution in [0.2, 0.25) is 5.02 Å². The van der Waals surface area contributed by atoms with E-state index in [2.05, 4.69) is 10.3 Å². The van der Waals surface area contributed by atoms with Crippen LogP contribution in [0.5, 0.6) is 0 Å². The molecule has 4 nitrogen and oxygen atoms in total. The van der Waals surface area contributed by atoms with Gasteiger partial charge in [0.15, 0.2) is 0 Å². The lowest BCUT2D eigenvalue weighted by Crippen LogP contribution is -2.12. The molecule has 1 aromatic heterocycles. The standard InChI is InChI=1S/C16H12ClN3O/c17-14-5-3-11(18)9-13(14)16(21)20-12-4-6-15-10(8-12)2-1-7-19-15/h1-9H,18H2,(H,20,21). The summed E-state index contributed by atoms with van der Waals surface area (Å²) in [6.07, 6.45) is 1.73. The fourth-order valence-electron chi connectivity index (χ4n) is 2.07. The average Bonchev–Trinajstić information content (AvgIpc) is 2.49. The Morgan fingerprint density at radius 2 is 2.00 bits per heavy atom. The van der Waals surface area contributed by atoms with Gasteiger partial charge < -0.3 is 11.1 Å². The number of hydrogen-bond acceptors (Lipinski definition) is 3. The van der Waals surface area contributed by atoms with Crippen LogP contribution >= 0.6 is 11.6 Å². The summed E-state index contributed by atoms with van der Waals surface area (Å²) < 4.78 is 0. The van der Waals surface area contributed by atoms with Crippen LogP contribution in [0, 0.1) is 0 Å². The van der Waals surface area contributed by atoms with Crippen LogP contribution in [-0.2, 0) is 0 Å². The van der Waals surface area contributed by atoms with Gasteiger partial charge in [-0.1, -0.05) is 17.7 Å². The normalized spacial score (nSPS) is 10.5. The summed E-state index contributed by atoms with van der Waals surface area (Å²) in [6, 6.07) is 14.1. The minimum absolute atomic E-state index is 0.296. The second-order valence-electron chi connectivity index (χ2n) is 4.60. The summed E-state index contributed by atoms with van der Waals surface area (Å²) in [5.41, 5.74) is 8.08. The van der Waals surface area contributed by atoms with Crippen molar-refractivity contribution >= 4 is 39.8 Å². The number of hydrogen-bond donors (Lipinski definition) is 2. The smallest absolute Gasteiger partial charge is 0.257 e. The Hall–Kier alpha value is -2.59. The monoisotopic (exact) mass is 297 g/mol. The molecular formula is C16H12ClN3O. The molecule has 0 spiro atoms. The average molecular weight is 298 g/mol. The third-order valence-electron chi connectivity index (χ3n) is 3.10. The van der Waals surface area contributed by atoms with E-state index in [9.17, 15) is 4.79 Å². The fourth-order valence-corrected chi connectivity index (χ4v) is 2.27. The van der Waals surface area contributed by atoms with Crippen LogP contribution in [-0.4, -0.2) is 10.9 Å². The van der Waals surface area contributed by atoms with Crippen molar-refractivity contribution in [3.8, 4) is 0 Å². The number of amides is 1. The molecule has 0 aliphatic carbocycles. The Morgan fingerprint density at radius 3 is 2.86 bits per heavy atom. The second kappa shape index (κ2) is 5.42. The maximum absolute atomic E-state index is 12.3. The van der Waals surface area contributed by atoms with Crippen molar-refractivity contribution < 1.29 is 4.79 Å². The largest absolute Gasteiger partial charge is 0.399 e. The molecule has 5 heteroatoms. The predicted molar refractivity (Wildman–Crippen MR) is 85.6 cm³/mol. The summed E-state index contributed by atoms with van der Waals surface area (Å²) in [4.78, 5) is 16.5. The molecule has 3 rings (SSSR count). The van der Waals surface area contributed by atoms with Crippen LogP contribution in [0.3, 0.4) is 0 Å². The molecule has 21 heavy (non-hydrogen) atoms. The Morgan fingerprint density at radius 1 is 1.14 bits per heavy atom. The number of carbonyl (C=O) groups is 1. The highest BCUT2D eigenvalue weighted by molar-refractivity contribution is 6.34. The number of aromatic nitrogens is 1. The van der Waals surface area contributed by atoms with Gasteiger partial charge in [-0.2, -0.15) is 0 Å². The second-order valence-corrected chi connectivity index (χ2v) is 5.01. The van der Waals surface area contributed by atoms with Gasteiger partial charge in [0.25, 0.3) is 5.91 Å². The summed E-state index contributed by atoms with van der Waals surface area (Å²) in [5, 5.41) is 4.13. The highest BCUT2D eigenvalue weighted by Crippen LogP contribution is 2.22. The first-order valence-electron chi connectivity index (χ1n) is 6.34. The number of nitrogens with two attached hydrogens (primary N) is 1. The number of fused-ring (bicyclic) bond motifs is 1. The SMILES string of the molecule is Nc1ccc(Cl)c(C(=O)Nc2ccc3ncccc3c2)c1. The molecule has 0 saturated heterocycles. The van der Waals surface area contributed by atoms with E-state index in [0.29, 0.717) is 22.0 Å². The van der Waals surface area contributed by atoms with E-state index in [4.69, 9.17) is 17.3 Å². The molecule has 2 aromatic carbocycles. The van der Waals surface area contributed by atoms with Crippen molar-refractivity contribution in [1.29, 1.82) is 0 Å². The van der Waals surface area contributed by atoms with Crippen molar-refractivity contribution in [2.75, 3.05) is 11.1 Å². The lowest BCUT2D eigenvalue weighted by atomic mass is 10.1. The van der Waals surface area contributed by atoms with E-state index in [0.717, 1.165) is 10.9 Å². The fraction of sp³-hybridized carbons (Fsp3) is 0. The van der Waals surface area contributed by atoms with Gasteiger partial charge in [-0.3, -0.25) is 9.78 Å². The number of anilines is 2. The van der Waals surface area contributed by atoms with Gasteiger partial charge in [0, 0.05) is 23.0 Å². The number of halogens is 1. The molecule has 3 aromatic rings. The van der Waals surface area contributed by atoms with E-state index in [-0.39, 0.29) is 5.91 Å². The van der Waals surface area contributed by atoms with Gasteiger partial charge in [-0.25, -0.2) is 0 Å². The van der Waals surface area contributed by atoms with Crippen LogP contribution in [0.1, 0.15) is 10.4 Å². The first kappa shape index (κ1) is 13.4. The maximum Gasteiger partial charge on any atom is 0.257 e. The molecule has 0 aliphatic heterocycles. The molecule has 0 bridgehead atoms. The van der Waals surface area contributed by atoms with Crippen molar-refractivity contribution in [3.05, 3.63) is 65.3 Å². The van der Waals surface area contributed by atoms with Gasteiger partial charge in [0.2, 0.25) is 0 Å². The first-order chi connectivity index (χ1) is 10.1. The Bertz CT molecular complexity index is 833. The van der Waals surface area contributed by atoms with E-state index >= 15 is 0 Å². The minimum atomic E-state index is -0.296. The van der Waals surface area contributed by atoms with Crippen LogP contribution in [0.25, 0.3) is 10.9 Å². The van der Waals surface area contributed by atoms with E-state index in [1.54, 1.807) is 30.5 Å². The lowest BCUT2D eigenvalue weighted by Gasteiger charge is -2.08. The molecule has 1 heterocycles. The summed E-state index contributed by atoms with van der Waals surface area (Å²) in [6.45, 7) is 0.